The van der Waals surface area contributed by atoms with Gasteiger partial charge in [-0.25, -0.2) is 4.79 Å². The molecule has 0 fully saturated rings. The van der Waals surface area contributed by atoms with Crippen molar-refractivity contribution in [3.8, 4) is 0 Å². The van der Waals surface area contributed by atoms with Gasteiger partial charge in [-0.15, -0.1) is 0 Å². The SMILES string of the molecule is COC(=O)c1ccc(CNC(=O)C(F)(F)F)cc1. The van der Waals surface area contributed by atoms with E-state index in [2.05, 4.69) is 4.74 Å². The highest BCUT2D eigenvalue weighted by Crippen LogP contribution is 2.14. The maximum atomic E-state index is 11.9. The Labute approximate surface area is 101 Å². The maximum Gasteiger partial charge on any atom is 0.471 e. The third-order valence-electron chi connectivity index (χ3n) is 2.09. The Morgan fingerprint density at radius 2 is 1.78 bits per heavy atom. The molecule has 0 heterocycles. The van der Waals surface area contributed by atoms with Gasteiger partial charge in [0.05, 0.1) is 12.7 Å². The van der Waals surface area contributed by atoms with Crippen molar-refractivity contribution in [3.05, 3.63) is 35.4 Å². The quantitative estimate of drug-likeness (QED) is 0.842. The summed E-state index contributed by atoms with van der Waals surface area (Å²) in [6.45, 7) is -0.264. The molecule has 0 atom stereocenters. The molecule has 0 radical (unpaired) electrons. The molecule has 0 saturated carbocycles. The summed E-state index contributed by atoms with van der Waals surface area (Å²) in [6.07, 6.45) is -4.90. The normalized spacial score (nSPS) is 10.9. The molecule has 0 bridgehead atoms. The van der Waals surface area contributed by atoms with Gasteiger partial charge in [-0.3, -0.25) is 4.79 Å². The van der Waals surface area contributed by atoms with Crippen LogP contribution >= 0.6 is 0 Å². The van der Waals surface area contributed by atoms with Crippen LogP contribution in [-0.2, 0) is 16.1 Å². The van der Waals surface area contributed by atoms with Gasteiger partial charge in [-0.05, 0) is 17.7 Å². The number of nitrogens with one attached hydrogen (secondary N) is 1. The summed E-state index contributed by atoms with van der Waals surface area (Å²) in [5.41, 5.74) is 0.726. The molecule has 0 unspecified atom stereocenters. The molecule has 4 nitrogen and oxygen atoms in total. The van der Waals surface area contributed by atoms with E-state index >= 15 is 0 Å². The lowest BCUT2D eigenvalue weighted by molar-refractivity contribution is -0.173. The highest BCUT2D eigenvalue weighted by atomic mass is 19.4. The summed E-state index contributed by atoms with van der Waals surface area (Å²) in [6, 6.07) is 5.67. The van der Waals surface area contributed by atoms with E-state index in [-0.39, 0.29) is 12.1 Å². The zero-order valence-electron chi connectivity index (χ0n) is 9.38. The van der Waals surface area contributed by atoms with Gasteiger partial charge in [-0.2, -0.15) is 13.2 Å². The van der Waals surface area contributed by atoms with Gasteiger partial charge in [0.2, 0.25) is 0 Å². The molecule has 1 amide bonds. The topological polar surface area (TPSA) is 55.4 Å². The van der Waals surface area contributed by atoms with E-state index in [0.717, 1.165) is 0 Å². The van der Waals surface area contributed by atoms with Crippen molar-refractivity contribution in [1.29, 1.82) is 0 Å². The Balaban J connectivity index is 2.60. The minimum atomic E-state index is -4.90. The van der Waals surface area contributed by atoms with Crippen LogP contribution < -0.4 is 5.32 Å². The van der Waals surface area contributed by atoms with Crippen molar-refractivity contribution in [2.24, 2.45) is 0 Å². The minimum absolute atomic E-state index is 0.264. The van der Waals surface area contributed by atoms with Crippen LogP contribution in [0.5, 0.6) is 0 Å². The van der Waals surface area contributed by atoms with E-state index in [1.807, 2.05) is 0 Å². The fourth-order valence-electron chi connectivity index (χ4n) is 1.16. The van der Waals surface area contributed by atoms with Crippen LogP contribution in [0.3, 0.4) is 0 Å². The number of amides is 1. The maximum absolute atomic E-state index is 11.9. The molecule has 0 aromatic heterocycles. The predicted octanol–water partition coefficient (Wildman–Crippen LogP) is 1.65. The Morgan fingerprint density at radius 1 is 1.22 bits per heavy atom. The van der Waals surface area contributed by atoms with Crippen LogP contribution in [-0.4, -0.2) is 25.2 Å². The van der Waals surface area contributed by atoms with Crippen molar-refractivity contribution in [2.45, 2.75) is 12.7 Å². The van der Waals surface area contributed by atoms with E-state index in [1.165, 1.54) is 31.4 Å². The molecule has 1 aromatic carbocycles. The van der Waals surface area contributed by atoms with Gasteiger partial charge >= 0.3 is 18.1 Å². The highest BCUT2D eigenvalue weighted by Gasteiger charge is 2.38. The molecule has 1 rings (SSSR count). The first-order chi connectivity index (χ1) is 8.34. The molecule has 7 heteroatoms. The summed E-state index contributed by atoms with van der Waals surface area (Å²) in [5, 5.41) is 1.72. The van der Waals surface area contributed by atoms with Crippen molar-refractivity contribution >= 4 is 11.9 Å². The number of carbonyl (C=O) groups is 2. The fourth-order valence-corrected chi connectivity index (χ4v) is 1.16. The smallest absolute Gasteiger partial charge is 0.465 e. The van der Waals surface area contributed by atoms with E-state index < -0.39 is 18.1 Å². The first kappa shape index (κ1) is 14.0. The Morgan fingerprint density at radius 3 is 2.22 bits per heavy atom. The van der Waals surface area contributed by atoms with E-state index in [0.29, 0.717) is 5.56 Å². The molecule has 0 aliphatic carbocycles. The van der Waals surface area contributed by atoms with Crippen molar-refractivity contribution in [3.63, 3.8) is 0 Å². The number of esters is 1. The zero-order valence-corrected chi connectivity index (χ0v) is 9.38. The largest absolute Gasteiger partial charge is 0.471 e. The van der Waals surface area contributed by atoms with Gasteiger partial charge in [0.25, 0.3) is 0 Å². The van der Waals surface area contributed by atoms with Gasteiger partial charge in [0.15, 0.2) is 0 Å². The van der Waals surface area contributed by atoms with Gasteiger partial charge in [0, 0.05) is 6.54 Å². The second kappa shape index (κ2) is 5.52. The van der Waals surface area contributed by atoms with Crippen molar-refractivity contribution in [1.82, 2.24) is 5.32 Å². The summed E-state index contributed by atoms with van der Waals surface area (Å²) in [5.74, 6) is -2.54. The molecule has 1 N–H and O–H groups in total. The Kier molecular flexibility index (Phi) is 4.30. The van der Waals surface area contributed by atoms with Gasteiger partial charge in [0.1, 0.15) is 0 Å². The van der Waals surface area contributed by atoms with Crippen molar-refractivity contribution < 1.29 is 27.5 Å². The predicted molar refractivity (Wildman–Crippen MR) is 55.7 cm³/mol. The van der Waals surface area contributed by atoms with Crippen LogP contribution in [0, 0.1) is 0 Å². The summed E-state index contributed by atoms with van der Waals surface area (Å²) in [7, 11) is 1.22. The number of methoxy groups -OCH3 is 1. The molecule has 0 aliphatic heterocycles. The number of hydrogen-bond acceptors (Lipinski definition) is 3. The third-order valence-corrected chi connectivity index (χ3v) is 2.09. The van der Waals surface area contributed by atoms with Crippen molar-refractivity contribution in [2.75, 3.05) is 7.11 Å². The summed E-state index contributed by atoms with van der Waals surface area (Å²) in [4.78, 5) is 21.6. The summed E-state index contributed by atoms with van der Waals surface area (Å²) >= 11 is 0. The Bertz CT molecular complexity index is 440. The first-order valence-electron chi connectivity index (χ1n) is 4.87. The van der Waals surface area contributed by atoms with Gasteiger partial charge in [-0.1, -0.05) is 12.1 Å². The molecule has 0 saturated heterocycles. The lowest BCUT2D eigenvalue weighted by atomic mass is 10.1. The number of carbonyl (C=O) groups excluding carboxylic acids is 2. The highest BCUT2D eigenvalue weighted by molar-refractivity contribution is 5.89. The molecule has 0 aliphatic rings. The standard InChI is InChI=1S/C11H10F3NO3/c1-18-9(16)8-4-2-7(3-5-8)6-15-10(17)11(12,13)14/h2-5H,6H2,1H3,(H,15,17). The molecule has 98 valence electrons. The monoisotopic (exact) mass is 261 g/mol. The average Bonchev–Trinajstić information content (AvgIpc) is 2.34. The van der Waals surface area contributed by atoms with Gasteiger partial charge < -0.3 is 10.1 Å². The van der Waals surface area contributed by atoms with Crippen LogP contribution in [0.25, 0.3) is 0 Å². The number of benzene rings is 1. The number of halogens is 3. The van der Waals surface area contributed by atoms with Crippen LogP contribution in [0.4, 0.5) is 13.2 Å². The fraction of sp³-hybridized carbons (Fsp3) is 0.273. The lowest BCUT2D eigenvalue weighted by Gasteiger charge is -2.08. The average molecular weight is 261 g/mol. The molecular formula is C11H10F3NO3. The second-order valence-electron chi connectivity index (χ2n) is 3.37. The molecule has 0 spiro atoms. The van der Waals surface area contributed by atoms with Crippen LogP contribution in [0.1, 0.15) is 15.9 Å². The van der Waals surface area contributed by atoms with E-state index in [9.17, 15) is 22.8 Å². The van der Waals surface area contributed by atoms with Crippen LogP contribution in [0.2, 0.25) is 0 Å². The number of hydrogen-bond donors (Lipinski definition) is 1. The minimum Gasteiger partial charge on any atom is -0.465 e. The number of alkyl halides is 3. The lowest BCUT2D eigenvalue weighted by Crippen LogP contribution is -2.36. The molecule has 1 aromatic rings. The first-order valence-corrected chi connectivity index (χ1v) is 4.87. The Hall–Kier alpha value is -2.05. The molecule has 18 heavy (non-hydrogen) atoms. The number of ether oxygens (including phenoxy) is 1. The van der Waals surface area contributed by atoms with E-state index in [4.69, 9.17) is 0 Å². The third kappa shape index (κ3) is 3.76. The second-order valence-corrected chi connectivity index (χ2v) is 3.37. The summed E-state index contributed by atoms with van der Waals surface area (Å²) < 4.78 is 40.1. The molecular weight excluding hydrogens is 251 g/mol. The number of rotatable bonds is 3. The van der Waals surface area contributed by atoms with Crippen LogP contribution in [0.15, 0.2) is 24.3 Å². The zero-order chi connectivity index (χ0) is 13.8. The van der Waals surface area contributed by atoms with E-state index in [1.54, 1.807) is 5.32 Å².